The van der Waals surface area contributed by atoms with Crippen LogP contribution in [0.5, 0.6) is 0 Å². The van der Waals surface area contributed by atoms with Crippen LogP contribution in [-0.4, -0.2) is 13.3 Å². The maximum Gasteiger partial charge on any atom is -0.00728 e. The van der Waals surface area contributed by atoms with E-state index in [1.54, 1.807) is 5.56 Å². The topological polar surface area (TPSA) is 0 Å². The van der Waals surface area contributed by atoms with Crippen LogP contribution in [0.4, 0.5) is 0 Å². The van der Waals surface area contributed by atoms with E-state index in [2.05, 4.69) is 46.2 Å². The molecule has 0 aliphatic heterocycles. The van der Waals surface area contributed by atoms with Crippen LogP contribution in [0.3, 0.4) is 0 Å². The van der Waals surface area contributed by atoms with Crippen LogP contribution >= 0.6 is 7.92 Å². The van der Waals surface area contributed by atoms with Gasteiger partial charge < -0.3 is 0 Å². The lowest BCUT2D eigenvalue weighted by molar-refractivity contribution is 1.21. The third kappa shape index (κ3) is 2.81. The monoisotopic (exact) mass is 194 g/mol. The molecule has 0 aromatic heterocycles. The molecule has 0 spiro atoms. The second kappa shape index (κ2) is 4.24. The predicted octanol–water partition coefficient (Wildman–Crippen LogP) is 3.85. The Hall–Kier alpha value is -0.350. The normalized spacial score (nSPS) is 10.9. The summed E-state index contributed by atoms with van der Waals surface area (Å²) < 4.78 is 0. The molecule has 0 aliphatic rings. The van der Waals surface area contributed by atoms with Crippen LogP contribution < -0.4 is 0 Å². The standard InChI is InChI=1S/C12H19P/c1-9-6-10(2)12(8-13(4)5)11(3)7-9/h6-7H,8H2,1-5H3. The van der Waals surface area contributed by atoms with Crippen LogP contribution in [-0.2, 0) is 6.16 Å². The Bertz CT molecular complexity index is 277. The quantitative estimate of drug-likeness (QED) is 0.627. The Kier molecular flexibility index (Phi) is 3.50. The Morgan fingerprint density at radius 3 is 1.85 bits per heavy atom. The van der Waals surface area contributed by atoms with Gasteiger partial charge in [0.25, 0.3) is 0 Å². The van der Waals surface area contributed by atoms with Crippen LogP contribution in [0.15, 0.2) is 12.1 Å². The van der Waals surface area contributed by atoms with Gasteiger partial charge in [0.2, 0.25) is 0 Å². The van der Waals surface area contributed by atoms with E-state index in [1.807, 2.05) is 0 Å². The molecule has 0 N–H and O–H groups in total. The number of aryl methyl sites for hydroxylation is 3. The Morgan fingerprint density at radius 2 is 1.46 bits per heavy atom. The highest BCUT2D eigenvalue weighted by Gasteiger charge is 2.04. The smallest absolute Gasteiger partial charge is 0.00728 e. The molecule has 0 saturated carbocycles. The van der Waals surface area contributed by atoms with E-state index in [-0.39, 0.29) is 7.92 Å². The van der Waals surface area contributed by atoms with Gasteiger partial charge in [-0.1, -0.05) is 17.7 Å². The van der Waals surface area contributed by atoms with Crippen molar-refractivity contribution in [3.63, 3.8) is 0 Å². The number of benzene rings is 1. The van der Waals surface area contributed by atoms with Gasteiger partial charge in [0, 0.05) is 0 Å². The minimum Gasteiger partial charge on any atom is -0.109 e. The second-order valence-electron chi connectivity index (χ2n) is 4.12. The molecular formula is C12H19P. The lowest BCUT2D eigenvalue weighted by atomic mass is 10.0. The summed E-state index contributed by atoms with van der Waals surface area (Å²) in [5.41, 5.74) is 5.89. The van der Waals surface area contributed by atoms with Gasteiger partial charge in [-0.05, 0) is 57.0 Å². The largest absolute Gasteiger partial charge is 0.109 e. The van der Waals surface area contributed by atoms with Gasteiger partial charge in [0.15, 0.2) is 0 Å². The first kappa shape index (κ1) is 10.7. The van der Waals surface area contributed by atoms with Crippen molar-refractivity contribution in [2.24, 2.45) is 0 Å². The van der Waals surface area contributed by atoms with Crippen molar-refractivity contribution in [3.05, 3.63) is 34.4 Å². The number of hydrogen-bond acceptors (Lipinski definition) is 0. The summed E-state index contributed by atoms with van der Waals surface area (Å²) in [6, 6.07) is 4.59. The molecule has 72 valence electrons. The van der Waals surface area contributed by atoms with Crippen molar-refractivity contribution in [1.29, 1.82) is 0 Å². The van der Waals surface area contributed by atoms with Crippen LogP contribution in [0.25, 0.3) is 0 Å². The first-order valence-corrected chi connectivity index (χ1v) is 7.14. The molecule has 0 atom stereocenters. The fourth-order valence-corrected chi connectivity index (χ4v) is 2.91. The van der Waals surface area contributed by atoms with Crippen molar-refractivity contribution in [3.8, 4) is 0 Å². The molecule has 1 aromatic carbocycles. The van der Waals surface area contributed by atoms with E-state index in [1.165, 1.54) is 22.9 Å². The van der Waals surface area contributed by atoms with Crippen molar-refractivity contribution >= 4 is 7.92 Å². The molecule has 0 nitrogen and oxygen atoms in total. The summed E-state index contributed by atoms with van der Waals surface area (Å²) in [5, 5.41) is 0. The Labute approximate surface area is 83.1 Å². The van der Waals surface area contributed by atoms with Crippen molar-refractivity contribution in [1.82, 2.24) is 0 Å². The van der Waals surface area contributed by atoms with Crippen molar-refractivity contribution in [2.45, 2.75) is 26.9 Å². The highest BCUT2D eigenvalue weighted by atomic mass is 31.1. The summed E-state index contributed by atoms with van der Waals surface area (Å²) in [6.45, 7) is 11.3. The highest BCUT2D eigenvalue weighted by molar-refractivity contribution is 7.55. The van der Waals surface area contributed by atoms with Crippen LogP contribution in [0, 0.1) is 20.8 Å². The van der Waals surface area contributed by atoms with Gasteiger partial charge in [-0.15, -0.1) is 7.92 Å². The minimum atomic E-state index is 0.181. The van der Waals surface area contributed by atoms with Gasteiger partial charge in [-0.3, -0.25) is 0 Å². The average Bonchev–Trinajstić information content (AvgIpc) is 1.96. The zero-order valence-corrected chi connectivity index (χ0v) is 10.2. The average molecular weight is 194 g/mol. The number of rotatable bonds is 2. The van der Waals surface area contributed by atoms with E-state index >= 15 is 0 Å². The molecule has 0 amide bonds. The molecule has 0 aliphatic carbocycles. The minimum absolute atomic E-state index is 0.181. The summed E-state index contributed by atoms with van der Waals surface area (Å²) in [7, 11) is 0.181. The van der Waals surface area contributed by atoms with Gasteiger partial charge >= 0.3 is 0 Å². The summed E-state index contributed by atoms with van der Waals surface area (Å²) >= 11 is 0. The maximum atomic E-state index is 2.34. The molecule has 0 radical (unpaired) electrons. The van der Waals surface area contributed by atoms with E-state index in [0.717, 1.165) is 0 Å². The molecule has 1 aromatic rings. The molecule has 1 rings (SSSR count). The SMILES string of the molecule is Cc1cc(C)c(CP(C)C)c(C)c1. The van der Waals surface area contributed by atoms with Crippen LogP contribution in [0.2, 0.25) is 0 Å². The lowest BCUT2D eigenvalue weighted by Gasteiger charge is -2.13. The van der Waals surface area contributed by atoms with Crippen molar-refractivity contribution in [2.75, 3.05) is 13.3 Å². The predicted molar refractivity (Wildman–Crippen MR) is 63.1 cm³/mol. The van der Waals surface area contributed by atoms with E-state index in [9.17, 15) is 0 Å². The highest BCUT2D eigenvalue weighted by Crippen LogP contribution is 2.33. The maximum absolute atomic E-state index is 2.34. The molecule has 0 bridgehead atoms. The molecule has 13 heavy (non-hydrogen) atoms. The van der Waals surface area contributed by atoms with E-state index in [4.69, 9.17) is 0 Å². The third-order valence-corrected chi connectivity index (χ3v) is 3.26. The van der Waals surface area contributed by atoms with E-state index < -0.39 is 0 Å². The van der Waals surface area contributed by atoms with E-state index in [0.29, 0.717) is 0 Å². The zero-order chi connectivity index (χ0) is 10.0. The molecule has 0 fully saturated rings. The van der Waals surface area contributed by atoms with Gasteiger partial charge in [0.1, 0.15) is 0 Å². The fourth-order valence-electron chi connectivity index (χ4n) is 1.78. The van der Waals surface area contributed by atoms with Gasteiger partial charge in [0.05, 0.1) is 0 Å². The first-order valence-electron chi connectivity index (χ1n) is 4.72. The molecule has 0 saturated heterocycles. The molecule has 1 heteroatoms. The zero-order valence-electron chi connectivity index (χ0n) is 9.31. The summed E-state index contributed by atoms with van der Waals surface area (Å²) in [5.74, 6) is 0. The van der Waals surface area contributed by atoms with Crippen LogP contribution in [0.1, 0.15) is 22.3 Å². The summed E-state index contributed by atoms with van der Waals surface area (Å²) in [6.07, 6.45) is 1.27. The number of hydrogen-bond donors (Lipinski definition) is 0. The molecule has 0 unspecified atom stereocenters. The fraction of sp³-hybridized carbons (Fsp3) is 0.500. The molecule has 0 heterocycles. The van der Waals surface area contributed by atoms with Gasteiger partial charge in [-0.2, -0.15) is 0 Å². The lowest BCUT2D eigenvalue weighted by Crippen LogP contribution is -1.93. The van der Waals surface area contributed by atoms with Gasteiger partial charge in [-0.25, -0.2) is 0 Å². The first-order chi connectivity index (χ1) is 6.00. The van der Waals surface area contributed by atoms with Crippen molar-refractivity contribution < 1.29 is 0 Å². The third-order valence-electron chi connectivity index (χ3n) is 2.31. The summed E-state index contributed by atoms with van der Waals surface area (Å²) in [4.78, 5) is 0. The second-order valence-corrected chi connectivity index (χ2v) is 6.59. The Morgan fingerprint density at radius 1 is 1.00 bits per heavy atom. The molecular weight excluding hydrogens is 175 g/mol. The Balaban J connectivity index is 3.06.